The van der Waals surface area contributed by atoms with Gasteiger partial charge in [0.05, 0.1) is 0 Å². The van der Waals surface area contributed by atoms with Gasteiger partial charge in [0.25, 0.3) is 0 Å². The van der Waals surface area contributed by atoms with E-state index in [1.165, 1.54) is 37.7 Å². The molecule has 2 heteroatoms. The number of allylic oxidation sites excluding steroid dienone is 4. The zero-order valence-electron chi connectivity index (χ0n) is 13.1. The zero-order valence-corrected chi connectivity index (χ0v) is 15.3. The van der Waals surface area contributed by atoms with Gasteiger partial charge in [0, 0.05) is 11.8 Å². The standard InChI is InChI=1S/C19H25IO/c1-18-9-7-13(21)11-12(18)3-4-14-15-5-6-17(20)19(15,2)10-8-16(14)18/h6,11,14-16H,3-5,7-10H2,1-2H3/t14-,15-,16-,18-,19-/m0/s1. The number of carbonyl (C=O) groups is 1. The fourth-order valence-corrected chi connectivity index (χ4v) is 7.00. The van der Waals surface area contributed by atoms with Crippen molar-refractivity contribution < 1.29 is 4.79 Å². The first-order chi connectivity index (χ1) is 9.95. The number of hydrogen-bond acceptors (Lipinski definition) is 1. The molecule has 5 atom stereocenters. The molecule has 2 fully saturated rings. The lowest BCUT2D eigenvalue weighted by Crippen LogP contribution is -2.49. The Morgan fingerprint density at radius 1 is 1.10 bits per heavy atom. The highest BCUT2D eigenvalue weighted by molar-refractivity contribution is 14.1. The third-order valence-corrected chi connectivity index (χ3v) is 9.12. The van der Waals surface area contributed by atoms with E-state index in [0.29, 0.717) is 16.6 Å². The molecule has 114 valence electrons. The van der Waals surface area contributed by atoms with E-state index in [4.69, 9.17) is 0 Å². The summed E-state index contributed by atoms with van der Waals surface area (Å²) in [6, 6.07) is 0. The van der Waals surface area contributed by atoms with Gasteiger partial charge >= 0.3 is 0 Å². The molecule has 0 radical (unpaired) electrons. The summed E-state index contributed by atoms with van der Waals surface area (Å²) in [5.41, 5.74) is 2.28. The monoisotopic (exact) mass is 396 g/mol. The smallest absolute Gasteiger partial charge is 0.155 e. The molecule has 1 nitrogen and oxygen atoms in total. The highest BCUT2D eigenvalue weighted by atomic mass is 127. The lowest BCUT2D eigenvalue weighted by Gasteiger charge is -2.57. The summed E-state index contributed by atoms with van der Waals surface area (Å²) in [5.74, 6) is 2.93. The van der Waals surface area contributed by atoms with Crippen molar-refractivity contribution in [2.24, 2.45) is 28.6 Å². The van der Waals surface area contributed by atoms with Crippen molar-refractivity contribution in [2.75, 3.05) is 0 Å². The Morgan fingerprint density at radius 2 is 1.90 bits per heavy atom. The first-order valence-electron chi connectivity index (χ1n) is 8.55. The van der Waals surface area contributed by atoms with E-state index in [0.717, 1.165) is 30.6 Å². The fraction of sp³-hybridized carbons (Fsp3) is 0.737. The molecule has 4 rings (SSSR count). The van der Waals surface area contributed by atoms with Gasteiger partial charge in [0.15, 0.2) is 5.78 Å². The van der Waals surface area contributed by atoms with Crippen molar-refractivity contribution in [3.05, 3.63) is 21.3 Å². The van der Waals surface area contributed by atoms with Crippen LogP contribution in [0.2, 0.25) is 0 Å². The highest BCUT2D eigenvalue weighted by Gasteiger charge is 2.56. The molecule has 0 heterocycles. The lowest BCUT2D eigenvalue weighted by molar-refractivity contribution is -0.117. The average molecular weight is 396 g/mol. The molecule has 0 bridgehead atoms. The molecule has 0 spiro atoms. The van der Waals surface area contributed by atoms with E-state index in [9.17, 15) is 4.79 Å². The summed E-state index contributed by atoms with van der Waals surface area (Å²) < 4.78 is 1.62. The SMILES string of the molecule is C[C@]12CCC(=O)C=C1CC[C@@H]1[C@@H]2CC[C@]2(C)C(I)=CC[C@@H]12. The van der Waals surface area contributed by atoms with Gasteiger partial charge in [-0.3, -0.25) is 4.79 Å². The number of hydrogen-bond donors (Lipinski definition) is 0. The third kappa shape index (κ3) is 1.90. The maximum Gasteiger partial charge on any atom is 0.155 e. The van der Waals surface area contributed by atoms with Crippen molar-refractivity contribution >= 4 is 28.4 Å². The van der Waals surface area contributed by atoms with E-state index in [1.54, 1.807) is 3.58 Å². The summed E-state index contributed by atoms with van der Waals surface area (Å²) in [5, 5.41) is 0. The Morgan fingerprint density at radius 3 is 2.71 bits per heavy atom. The zero-order chi connectivity index (χ0) is 14.8. The minimum Gasteiger partial charge on any atom is -0.295 e. The molecular weight excluding hydrogens is 371 g/mol. The second kappa shape index (κ2) is 4.69. The quantitative estimate of drug-likeness (QED) is 0.498. The Bertz CT molecular complexity index is 560. The van der Waals surface area contributed by atoms with Gasteiger partial charge in [0.1, 0.15) is 0 Å². The summed E-state index contributed by atoms with van der Waals surface area (Å²) in [7, 11) is 0. The van der Waals surface area contributed by atoms with Gasteiger partial charge < -0.3 is 0 Å². The van der Waals surface area contributed by atoms with Crippen molar-refractivity contribution in [3.63, 3.8) is 0 Å². The van der Waals surface area contributed by atoms with Gasteiger partial charge in [0.2, 0.25) is 0 Å². The topological polar surface area (TPSA) is 17.1 Å². The average Bonchev–Trinajstić information content (AvgIpc) is 2.76. The van der Waals surface area contributed by atoms with Crippen LogP contribution in [0.25, 0.3) is 0 Å². The second-order valence-electron chi connectivity index (χ2n) is 8.21. The number of rotatable bonds is 0. The molecule has 0 aromatic heterocycles. The first-order valence-corrected chi connectivity index (χ1v) is 9.63. The molecule has 4 aliphatic carbocycles. The molecule has 4 aliphatic rings. The second-order valence-corrected chi connectivity index (χ2v) is 9.37. The molecular formula is C19H25IO. The van der Waals surface area contributed by atoms with Crippen LogP contribution in [0.1, 0.15) is 58.8 Å². The van der Waals surface area contributed by atoms with Gasteiger partial charge in [-0.05, 0) is 93.9 Å². The predicted octanol–water partition coefficient (Wildman–Crippen LogP) is 5.45. The lowest BCUT2D eigenvalue weighted by atomic mass is 9.47. The van der Waals surface area contributed by atoms with Crippen LogP contribution in [0.15, 0.2) is 21.3 Å². The minimum atomic E-state index is 0.326. The number of halogens is 1. The Kier molecular flexibility index (Phi) is 3.23. The summed E-state index contributed by atoms with van der Waals surface area (Å²) >= 11 is 2.60. The Labute approximate surface area is 141 Å². The largest absolute Gasteiger partial charge is 0.295 e. The molecule has 0 aromatic carbocycles. The summed E-state index contributed by atoms with van der Waals surface area (Å²) in [6.45, 7) is 4.98. The van der Waals surface area contributed by atoms with Crippen LogP contribution in [0.4, 0.5) is 0 Å². The molecule has 21 heavy (non-hydrogen) atoms. The molecule has 0 amide bonds. The molecule has 0 aromatic rings. The van der Waals surface area contributed by atoms with Gasteiger partial charge in [-0.1, -0.05) is 25.5 Å². The van der Waals surface area contributed by atoms with Crippen molar-refractivity contribution in [1.29, 1.82) is 0 Å². The number of carbonyl (C=O) groups excluding carboxylic acids is 1. The summed E-state index contributed by atoms with van der Waals surface area (Å²) in [6.07, 6.45) is 12.9. The maximum absolute atomic E-state index is 11.8. The maximum atomic E-state index is 11.8. The minimum absolute atomic E-state index is 0.326. The number of fused-ring (bicyclic) bond motifs is 5. The van der Waals surface area contributed by atoms with Gasteiger partial charge in [-0.2, -0.15) is 0 Å². The Hall–Kier alpha value is -0.120. The van der Waals surface area contributed by atoms with Gasteiger partial charge in [-0.25, -0.2) is 0 Å². The molecule has 0 saturated heterocycles. The third-order valence-electron chi connectivity index (χ3n) is 7.45. The van der Waals surface area contributed by atoms with E-state index in [1.807, 2.05) is 6.08 Å². The van der Waals surface area contributed by atoms with E-state index in [2.05, 4.69) is 42.5 Å². The van der Waals surface area contributed by atoms with Crippen LogP contribution in [-0.4, -0.2) is 5.78 Å². The van der Waals surface area contributed by atoms with Crippen molar-refractivity contribution in [3.8, 4) is 0 Å². The van der Waals surface area contributed by atoms with E-state index >= 15 is 0 Å². The van der Waals surface area contributed by atoms with Crippen LogP contribution in [0.3, 0.4) is 0 Å². The summed E-state index contributed by atoms with van der Waals surface area (Å²) in [4.78, 5) is 11.8. The normalized spacial score (nSPS) is 48.9. The Balaban J connectivity index is 1.70. The van der Waals surface area contributed by atoms with Crippen LogP contribution < -0.4 is 0 Å². The molecule has 0 unspecified atom stereocenters. The van der Waals surface area contributed by atoms with Crippen LogP contribution >= 0.6 is 22.6 Å². The van der Waals surface area contributed by atoms with Crippen molar-refractivity contribution in [2.45, 2.75) is 58.8 Å². The highest BCUT2D eigenvalue weighted by Crippen LogP contribution is 2.66. The number of ketones is 1. The molecule has 0 N–H and O–H groups in total. The van der Waals surface area contributed by atoms with Crippen LogP contribution in [-0.2, 0) is 4.79 Å². The molecule has 0 aliphatic heterocycles. The van der Waals surface area contributed by atoms with Gasteiger partial charge in [-0.15, -0.1) is 0 Å². The first kappa shape index (κ1) is 14.5. The van der Waals surface area contributed by atoms with Crippen LogP contribution in [0, 0.1) is 28.6 Å². The van der Waals surface area contributed by atoms with Crippen molar-refractivity contribution in [1.82, 2.24) is 0 Å². The van der Waals surface area contributed by atoms with Crippen LogP contribution in [0.5, 0.6) is 0 Å². The predicted molar refractivity (Wildman–Crippen MR) is 94.2 cm³/mol. The molecule has 2 saturated carbocycles. The van der Waals surface area contributed by atoms with E-state index < -0.39 is 0 Å². The fourth-order valence-electron chi connectivity index (χ4n) is 6.07. The van der Waals surface area contributed by atoms with E-state index in [-0.39, 0.29) is 0 Å².